The Hall–Kier alpha value is -1.07. The van der Waals surface area contributed by atoms with Gasteiger partial charge in [-0.25, -0.2) is 0 Å². The molecule has 1 aliphatic carbocycles. The van der Waals surface area contributed by atoms with Gasteiger partial charge in [0.15, 0.2) is 5.41 Å². The molecule has 0 aliphatic heterocycles. The monoisotopic (exact) mass is 406 g/mol. The van der Waals surface area contributed by atoms with Gasteiger partial charge in [-0.05, 0) is 53.4 Å². The van der Waals surface area contributed by atoms with E-state index in [-0.39, 0.29) is 11.3 Å². The van der Waals surface area contributed by atoms with Crippen molar-refractivity contribution in [2.75, 3.05) is 6.61 Å². The van der Waals surface area contributed by atoms with Crippen LogP contribution in [0.1, 0.15) is 47.5 Å². The minimum atomic E-state index is -1.57. The second kappa shape index (κ2) is 8.75. The number of rotatable bonds is 6. The van der Waals surface area contributed by atoms with E-state index in [1.807, 2.05) is 0 Å². The SMILES string of the molecule is C=CC1CC(Cl)C(C(=O)OCC(C)(C(C)=O)C(=O)OC(C)(C)C)CC1Cl. The van der Waals surface area contributed by atoms with Crippen LogP contribution in [-0.2, 0) is 23.9 Å². The molecule has 1 aliphatic rings. The third-order valence-corrected chi connectivity index (χ3v) is 5.60. The van der Waals surface area contributed by atoms with Crippen LogP contribution in [0, 0.1) is 17.3 Å². The average Bonchev–Trinajstić information content (AvgIpc) is 2.51. The van der Waals surface area contributed by atoms with Crippen molar-refractivity contribution in [2.45, 2.75) is 63.8 Å². The quantitative estimate of drug-likeness (QED) is 0.289. The van der Waals surface area contributed by atoms with Crippen molar-refractivity contribution in [3.8, 4) is 0 Å². The molecule has 0 aromatic rings. The smallest absolute Gasteiger partial charge is 0.323 e. The summed E-state index contributed by atoms with van der Waals surface area (Å²) in [6.07, 6.45) is 2.62. The summed E-state index contributed by atoms with van der Waals surface area (Å²) in [5.41, 5.74) is -2.32. The Morgan fingerprint density at radius 3 is 2.15 bits per heavy atom. The van der Waals surface area contributed by atoms with Gasteiger partial charge in [-0.2, -0.15) is 0 Å². The first-order valence-corrected chi connectivity index (χ1v) is 9.51. The number of allylic oxidation sites excluding steroid dienone is 1. The van der Waals surface area contributed by atoms with Gasteiger partial charge in [0.05, 0.1) is 5.92 Å². The third-order valence-electron chi connectivity index (χ3n) is 4.61. The molecule has 0 aromatic carbocycles. The molecule has 5 nitrogen and oxygen atoms in total. The summed E-state index contributed by atoms with van der Waals surface area (Å²) < 4.78 is 10.6. The van der Waals surface area contributed by atoms with Crippen LogP contribution in [0.2, 0.25) is 0 Å². The Labute approximate surface area is 165 Å². The van der Waals surface area contributed by atoms with Gasteiger partial charge in [0, 0.05) is 10.8 Å². The Bertz CT molecular complexity index is 569. The minimum absolute atomic E-state index is 0.0347. The fourth-order valence-corrected chi connectivity index (χ4v) is 3.45. The second-order valence-electron chi connectivity index (χ2n) is 8.01. The molecule has 5 unspecified atom stereocenters. The highest BCUT2D eigenvalue weighted by Crippen LogP contribution is 2.37. The minimum Gasteiger partial charge on any atom is -0.464 e. The summed E-state index contributed by atoms with van der Waals surface area (Å²) in [5, 5.41) is -0.698. The molecule has 7 heteroatoms. The average molecular weight is 407 g/mol. The molecule has 1 rings (SSSR count). The lowest BCUT2D eigenvalue weighted by atomic mass is 9.81. The largest absolute Gasteiger partial charge is 0.464 e. The second-order valence-corrected chi connectivity index (χ2v) is 9.13. The van der Waals surface area contributed by atoms with E-state index in [0.29, 0.717) is 12.8 Å². The molecule has 0 bridgehead atoms. The molecule has 0 spiro atoms. The van der Waals surface area contributed by atoms with Crippen molar-refractivity contribution in [1.82, 2.24) is 0 Å². The van der Waals surface area contributed by atoms with Gasteiger partial charge in [-0.15, -0.1) is 29.8 Å². The first-order chi connectivity index (χ1) is 11.8. The highest BCUT2D eigenvalue weighted by molar-refractivity contribution is 6.24. The van der Waals surface area contributed by atoms with Crippen LogP contribution in [0.15, 0.2) is 12.7 Å². The van der Waals surface area contributed by atoms with E-state index >= 15 is 0 Å². The lowest BCUT2D eigenvalue weighted by Gasteiger charge is -2.34. The zero-order chi connectivity index (χ0) is 20.3. The molecule has 0 heterocycles. The van der Waals surface area contributed by atoms with Crippen LogP contribution in [0.4, 0.5) is 0 Å². The Morgan fingerprint density at radius 1 is 1.12 bits per heavy atom. The predicted octanol–water partition coefficient (Wildman–Crippen LogP) is 3.89. The van der Waals surface area contributed by atoms with Gasteiger partial charge in [-0.3, -0.25) is 14.4 Å². The number of ketones is 1. The maximum absolute atomic E-state index is 12.5. The van der Waals surface area contributed by atoms with Crippen LogP contribution in [0.5, 0.6) is 0 Å². The van der Waals surface area contributed by atoms with Crippen molar-refractivity contribution >= 4 is 40.9 Å². The van der Waals surface area contributed by atoms with E-state index in [1.165, 1.54) is 13.8 Å². The maximum atomic E-state index is 12.5. The molecule has 0 aromatic heterocycles. The zero-order valence-corrected chi connectivity index (χ0v) is 17.5. The first kappa shape index (κ1) is 23.0. The van der Waals surface area contributed by atoms with Gasteiger partial charge in [0.1, 0.15) is 18.0 Å². The first-order valence-electron chi connectivity index (χ1n) is 8.63. The van der Waals surface area contributed by atoms with E-state index in [1.54, 1.807) is 26.8 Å². The summed E-state index contributed by atoms with van der Waals surface area (Å²) in [4.78, 5) is 36.9. The highest BCUT2D eigenvalue weighted by Gasteiger charge is 2.45. The lowest BCUT2D eigenvalue weighted by Crippen LogP contribution is -2.45. The number of hydrogen-bond donors (Lipinski definition) is 0. The molecule has 26 heavy (non-hydrogen) atoms. The Balaban J connectivity index is 2.80. The topological polar surface area (TPSA) is 69.7 Å². The molecule has 1 saturated carbocycles. The maximum Gasteiger partial charge on any atom is 0.323 e. The van der Waals surface area contributed by atoms with Gasteiger partial charge in [-0.1, -0.05) is 6.08 Å². The van der Waals surface area contributed by atoms with Crippen LogP contribution >= 0.6 is 23.2 Å². The fourth-order valence-electron chi connectivity index (χ4n) is 2.64. The third kappa shape index (κ3) is 5.71. The summed E-state index contributed by atoms with van der Waals surface area (Å²) in [7, 11) is 0. The highest BCUT2D eigenvalue weighted by atomic mass is 35.5. The van der Waals surface area contributed by atoms with Crippen molar-refractivity contribution < 1.29 is 23.9 Å². The summed E-state index contributed by atoms with van der Waals surface area (Å²) >= 11 is 12.6. The molecule has 0 N–H and O–H groups in total. The number of halogens is 2. The van der Waals surface area contributed by atoms with Crippen molar-refractivity contribution in [3.63, 3.8) is 0 Å². The van der Waals surface area contributed by atoms with E-state index in [4.69, 9.17) is 32.7 Å². The summed E-state index contributed by atoms with van der Waals surface area (Å²) in [6.45, 7) is 11.1. The standard InChI is InChI=1S/C19H28Cl2O5/c1-7-12-8-15(21)13(9-14(12)20)16(23)25-10-19(6,11(2)22)17(24)26-18(3,4)5/h7,12-15H,1,8-10H2,2-6H3. The van der Waals surface area contributed by atoms with E-state index in [0.717, 1.165) is 0 Å². The normalized spacial score (nSPS) is 28.6. The van der Waals surface area contributed by atoms with Crippen LogP contribution in [0.25, 0.3) is 0 Å². The van der Waals surface area contributed by atoms with Crippen LogP contribution in [-0.4, -0.2) is 40.7 Å². The van der Waals surface area contributed by atoms with Crippen molar-refractivity contribution in [3.05, 3.63) is 12.7 Å². The van der Waals surface area contributed by atoms with Crippen molar-refractivity contribution in [2.24, 2.45) is 17.3 Å². The molecule has 0 amide bonds. The molecule has 1 fully saturated rings. The van der Waals surface area contributed by atoms with Gasteiger partial charge >= 0.3 is 11.9 Å². The lowest BCUT2D eigenvalue weighted by molar-refractivity contribution is -0.175. The number of alkyl halides is 2. The zero-order valence-electron chi connectivity index (χ0n) is 16.0. The molecule has 0 radical (unpaired) electrons. The molecule has 0 saturated heterocycles. The molecule has 5 atom stereocenters. The number of ether oxygens (including phenoxy) is 2. The number of carbonyl (C=O) groups is 3. The van der Waals surface area contributed by atoms with Gasteiger partial charge in [0.2, 0.25) is 0 Å². The Morgan fingerprint density at radius 2 is 1.69 bits per heavy atom. The summed E-state index contributed by atoms with van der Waals surface area (Å²) in [6, 6.07) is 0. The van der Waals surface area contributed by atoms with Crippen LogP contribution in [0.3, 0.4) is 0 Å². The molecular formula is C19H28Cl2O5. The van der Waals surface area contributed by atoms with Crippen LogP contribution < -0.4 is 0 Å². The Kier molecular flexibility index (Phi) is 7.73. The fraction of sp³-hybridized carbons (Fsp3) is 0.737. The van der Waals surface area contributed by atoms with E-state index < -0.39 is 46.6 Å². The van der Waals surface area contributed by atoms with E-state index in [2.05, 4.69) is 6.58 Å². The van der Waals surface area contributed by atoms with E-state index in [9.17, 15) is 14.4 Å². The van der Waals surface area contributed by atoms with Gasteiger partial charge in [0.25, 0.3) is 0 Å². The molecule has 148 valence electrons. The number of esters is 2. The number of carbonyl (C=O) groups excluding carboxylic acids is 3. The number of Topliss-reactive ketones (excluding diaryl/α,β-unsaturated/α-hetero) is 1. The van der Waals surface area contributed by atoms with Crippen molar-refractivity contribution in [1.29, 1.82) is 0 Å². The number of hydrogen-bond acceptors (Lipinski definition) is 5. The molecular weight excluding hydrogens is 379 g/mol. The predicted molar refractivity (Wildman–Crippen MR) is 101 cm³/mol. The summed E-state index contributed by atoms with van der Waals surface area (Å²) in [5.74, 6) is -2.28. The van der Waals surface area contributed by atoms with Gasteiger partial charge < -0.3 is 9.47 Å².